The maximum atomic E-state index is 5.41. The highest BCUT2D eigenvalue weighted by atomic mass is 32.1. The molecule has 0 atom stereocenters. The summed E-state index contributed by atoms with van der Waals surface area (Å²) in [7, 11) is 0. The van der Waals surface area contributed by atoms with E-state index in [9.17, 15) is 0 Å². The van der Waals surface area contributed by atoms with Gasteiger partial charge in [0, 0.05) is 18.3 Å². The standard InChI is InChI=1S/C18H27N3S/c22-18(19-16-6-2-3-7-16)20-17-10-8-15(9-11-17)14-21-12-4-1-5-13-21/h8-11,16H,1-7,12-14H2,(H2,19,20,22). The molecule has 1 aliphatic carbocycles. The van der Waals surface area contributed by atoms with Gasteiger partial charge in [-0.25, -0.2) is 0 Å². The van der Waals surface area contributed by atoms with Crippen LogP contribution in [0.5, 0.6) is 0 Å². The number of piperidine rings is 1. The Bertz CT molecular complexity index is 474. The van der Waals surface area contributed by atoms with Crippen LogP contribution in [0.1, 0.15) is 50.5 Å². The smallest absolute Gasteiger partial charge is 0.170 e. The largest absolute Gasteiger partial charge is 0.360 e. The summed E-state index contributed by atoms with van der Waals surface area (Å²) < 4.78 is 0. The zero-order valence-electron chi connectivity index (χ0n) is 13.3. The molecule has 1 aliphatic heterocycles. The van der Waals surface area contributed by atoms with Crippen molar-refractivity contribution in [2.75, 3.05) is 18.4 Å². The van der Waals surface area contributed by atoms with Crippen molar-refractivity contribution in [3.05, 3.63) is 29.8 Å². The predicted octanol–water partition coefficient (Wildman–Crippen LogP) is 3.90. The summed E-state index contributed by atoms with van der Waals surface area (Å²) in [6.07, 6.45) is 9.23. The highest BCUT2D eigenvalue weighted by molar-refractivity contribution is 7.80. The van der Waals surface area contributed by atoms with E-state index >= 15 is 0 Å². The van der Waals surface area contributed by atoms with E-state index in [2.05, 4.69) is 39.8 Å². The minimum atomic E-state index is 0.568. The lowest BCUT2D eigenvalue weighted by atomic mass is 10.1. The average molecular weight is 318 g/mol. The number of nitrogens with zero attached hydrogens (tertiary/aromatic N) is 1. The first-order chi connectivity index (χ1) is 10.8. The molecule has 120 valence electrons. The Balaban J connectivity index is 1.47. The molecule has 1 aromatic rings. The van der Waals surface area contributed by atoms with E-state index in [1.807, 2.05) is 0 Å². The van der Waals surface area contributed by atoms with Crippen LogP contribution in [0.15, 0.2) is 24.3 Å². The molecule has 1 aromatic carbocycles. The second-order valence-electron chi connectivity index (χ2n) is 6.61. The fourth-order valence-corrected chi connectivity index (χ4v) is 3.78. The van der Waals surface area contributed by atoms with E-state index in [0.29, 0.717) is 6.04 Å². The van der Waals surface area contributed by atoms with Gasteiger partial charge in [-0.15, -0.1) is 0 Å². The normalized spacial score (nSPS) is 20.0. The molecule has 3 nitrogen and oxygen atoms in total. The fourth-order valence-electron chi connectivity index (χ4n) is 3.49. The van der Waals surface area contributed by atoms with Crippen molar-refractivity contribution >= 4 is 23.0 Å². The third-order valence-electron chi connectivity index (χ3n) is 4.76. The summed E-state index contributed by atoms with van der Waals surface area (Å²) in [4.78, 5) is 2.55. The van der Waals surface area contributed by atoms with Crippen LogP contribution >= 0.6 is 12.2 Å². The van der Waals surface area contributed by atoms with Gasteiger partial charge in [-0.2, -0.15) is 0 Å². The van der Waals surface area contributed by atoms with Gasteiger partial charge in [-0.3, -0.25) is 4.90 Å². The van der Waals surface area contributed by atoms with Crippen LogP contribution in [0.3, 0.4) is 0 Å². The van der Waals surface area contributed by atoms with E-state index in [1.165, 1.54) is 63.6 Å². The summed E-state index contributed by atoms with van der Waals surface area (Å²) in [6, 6.07) is 9.28. The molecule has 2 fully saturated rings. The lowest BCUT2D eigenvalue weighted by molar-refractivity contribution is 0.221. The summed E-state index contributed by atoms with van der Waals surface area (Å²) in [5, 5.41) is 7.49. The van der Waals surface area contributed by atoms with Crippen molar-refractivity contribution < 1.29 is 0 Å². The van der Waals surface area contributed by atoms with Crippen LogP contribution in [0, 0.1) is 0 Å². The number of hydrogen-bond donors (Lipinski definition) is 2. The van der Waals surface area contributed by atoms with Crippen molar-refractivity contribution in [1.82, 2.24) is 10.2 Å². The number of anilines is 1. The van der Waals surface area contributed by atoms with E-state index in [4.69, 9.17) is 12.2 Å². The second kappa shape index (κ2) is 7.93. The number of likely N-dealkylation sites (tertiary alicyclic amines) is 1. The van der Waals surface area contributed by atoms with Crippen molar-refractivity contribution in [3.63, 3.8) is 0 Å². The number of hydrogen-bond acceptors (Lipinski definition) is 2. The van der Waals surface area contributed by atoms with Crippen molar-refractivity contribution in [3.8, 4) is 0 Å². The molecule has 1 saturated carbocycles. The van der Waals surface area contributed by atoms with Gasteiger partial charge in [0.15, 0.2) is 5.11 Å². The highest BCUT2D eigenvalue weighted by Crippen LogP contribution is 2.18. The number of rotatable bonds is 4. The zero-order chi connectivity index (χ0) is 15.2. The summed E-state index contributed by atoms with van der Waals surface area (Å²) in [6.45, 7) is 3.57. The number of benzene rings is 1. The van der Waals surface area contributed by atoms with Gasteiger partial charge in [-0.1, -0.05) is 31.4 Å². The van der Waals surface area contributed by atoms with Crippen LogP contribution in [0.25, 0.3) is 0 Å². The Kier molecular flexibility index (Phi) is 5.68. The second-order valence-corrected chi connectivity index (χ2v) is 7.02. The first-order valence-electron chi connectivity index (χ1n) is 8.68. The maximum Gasteiger partial charge on any atom is 0.170 e. The molecule has 0 radical (unpaired) electrons. The Morgan fingerprint density at radius 3 is 2.36 bits per heavy atom. The Morgan fingerprint density at radius 1 is 1.00 bits per heavy atom. The minimum Gasteiger partial charge on any atom is -0.360 e. The first-order valence-corrected chi connectivity index (χ1v) is 9.09. The molecule has 0 bridgehead atoms. The lowest BCUT2D eigenvalue weighted by Crippen LogP contribution is -2.35. The Hall–Kier alpha value is -1.13. The quantitative estimate of drug-likeness (QED) is 0.824. The average Bonchev–Trinajstić information content (AvgIpc) is 3.03. The molecule has 0 aromatic heterocycles. The number of thiocarbonyl (C=S) groups is 1. The monoisotopic (exact) mass is 317 g/mol. The van der Waals surface area contributed by atoms with E-state index in [0.717, 1.165) is 17.3 Å². The van der Waals surface area contributed by atoms with Gasteiger partial charge in [0.25, 0.3) is 0 Å². The van der Waals surface area contributed by atoms with E-state index in [1.54, 1.807) is 0 Å². The third kappa shape index (κ3) is 4.68. The lowest BCUT2D eigenvalue weighted by Gasteiger charge is -2.26. The molecule has 0 amide bonds. The highest BCUT2D eigenvalue weighted by Gasteiger charge is 2.15. The maximum absolute atomic E-state index is 5.41. The summed E-state index contributed by atoms with van der Waals surface area (Å²) in [5.41, 5.74) is 2.47. The fraction of sp³-hybridized carbons (Fsp3) is 0.611. The Labute approximate surface area is 139 Å². The van der Waals surface area contributed by atoms with Crippen LogP contribution < -0.4 is 10.6 Å². The van der Waals surface area contributed by atoms with Gasteiger partial charge in [0.05, 0.1) is 0 Å². The zero-order valence-corrected chi connectivity index (χ0v) is 14.1. The molecule has 0 spiro atoms. The molecular formula is C18H27N3S. The molecular weight excluding hydrogens is 290 g/mol. The molecule has 22 heavy (non-hydrogen) atoms. The molecule has 0 unspecified atom stereocenters. The molecule has 1 saturated heterocycles. The SMILES string of the molecule is S=C(Nc1ccc(CN2CCCCC2)cc1)NC1CCCC1. The molecule has 2 aliphatic rings. The van der Waals surface area contributed by atoms with Gasteiger partial charge in [-0.05, 0) is 68.7 Å². The topological polar surface area (TPSA) is 27.3 Å². The van der Waals surface area contributed by atoms with Crippen LogP contribution in [0.4, 0.5) is 5.69 Å². The molecule has 2 N–H and O–H groups in total. The van der Waals surface area contributed by atoms with Gasteiger partial charge >= 0.3 is 0 Å². The molecule has 1 heterocycles. The third-order valence-corrected chi connectivity index (χ3v) is 4.98. The predicted molar refractivity (Wildman–Crippen MR) is 97.2 cm³/mol. The van der Waals surface area contributed by atoms with Gasteiger partial charge in [0.1, 0.15) is 0 Å². The molecule has 4 heteroatoms. The van der Waals surface area contributed by atoms with Crippen LogP contribution in [-0.2, 0) is 6.54 Å². The van der Waals surface area contributed by atoms with E-state index in [-0.39, 0.29) is 0 Å². The first kappa shape index (κ1) is 15.8. The Morgan fingerprint density at radius 2 is 1.68 bits per heavy atom. The summed E-state index contributed by atoms with van der Waals surface area (Å²) in [5.74, 6) is 0. The number of nitrogens with one attached hydrogen (secondary N) is 2. The molecule has 3 rings (SSSR count). The minimum absolute atomic E-state index is 0.568. The van der Waals surface area contributed by atoms with Crippen molar-refractivity contribution in [1.29, 1.82) is 0 Å². The van der Waals surface area contributed by atoms with Crippen LogP contribution in [-0.4, -0.2) is 29.1 Å². The van der Waals surface area contributed by atoms with Gasteiger partial charge in [0.2, 0.25) is 0 Å². The summed E-state index contributed by atoms with van der Waals surface area (Å²) >= 11 is 5.41. The van der Waals surface area contributed by atoms with E-state index < -0.39 is 0 Å². The van der Waals surface area contributed by atoms with Gasteiger partial charge < -0.3 is 10.6 Å². The van der Waals surface area contributed by atoms with Crippen molar-refractivity contribution in [2.45, 2.75) is 57.5 Å². The van der Waals surface area contributed by atoms with Crippen molar-refractivity contribution in [2.24, 2.45) is 0 Å². The van der Waals surface area contributed by atoms with Crippen LogP contribution in [0.2, 0.25) is 0 Å².